The predicted octanol–water partition coefficient (Wildman–Crippen LogP) is 3.77. The molecule has 2 N–H and O–H groups in total. The monoisotopic (exact) mass is 424 g/mol. The molecule has 0 bridgehead atoms. The molecule has 0 aliphatic rings. The van der Waals surface area contributed by atoms with E-state index in [0.717, 1.165) is 26.6 Å². The van der Waals surface area contributed by atoms with E-state index >= 15 is 0 Å². The molecule has 0 saturated carbocycles. The van der Waals surface area contributed by atoms with Crippen LogP contribution in [0.15, 0.2) is 22.7 Å². The quantitative estimate of drug-likeness (QED) is 0.682. The van der Waals surface area contributed by atoms with Crippen molar-refractivity contribution >= 4 is 50.1 Å². The number of carbonyl (C=O) groups excluding carboxylic acids is 1. The Kier molecular flexibility index (Phi) is 6.99. The third-order valence-electron chi connectivity index (χ3n) is 2.72. The van der Waals surface area contributed by atoms with Crippen molar-refractivity contribution in [3.8, 4) is 0 Å². The predicted molar refractivity (Wildman–Crippen MR) is 87.9 cm³/mol. The van der Waals surface area contributed by atoms with E-state index in [2.05, 4.69) is 63.0 Å². The van der Waals surface area contributed by atoms with E-state index in [9.17, 15) is 4.79 Å². The van der Waals surface area contributed by atoms with Gasteiger partial charge in [0.25, 0.3) is 0 Å². The SMILES string of the molecule is CCC(CC)NC(=O)CNc1ccc(I)cc1Br. The summed E-state index contributed by atoms with van der Waals surface area (Å²) < 4.78 is 2.14. The lowest BCUT2D eigenvalue weighted by Crippen LogP contribution is -2.37. The van der Waals surface area contributed by atoms with E-state index < -0.39 is 0 Å². The first kappa shape index (κ1) is 15.8. The van der Waals surface area contributed by atoms with E-state index in [-0.39, 0.29) is 11.9 Å². The Hall–Kier alpha value is -0.300. The summed E-state index contributed by atoms with van der Waals surface area (Å²) in [5.74, 6) is 0.0363. The van der Waals surface area contributed by atoms with Gasteiger partial charge in [-0.2, -0.15) is 0 Å². The minimum Gasteiger partial charge on any atom is -0.375 e. The lowest BCUT2D eigenvalue weighted by Gasteiger charge is -2.15. The minimum atomic E-state index is 0.0363. The number of anilines is 1. The molecule has 0 heterocycles. The van der Waals surface area contributed by atoms with Gasteiger partial charge >= 0.3 is 0 Å². The van der Waals surface area contributed by atoms with Crippen molar-refractivity contribution in [2.24, 2.45) is 0 Å². The van der Waals surface area contributed by atoms with Crippen LogP contribution in [0, 0.1) is 3.57 Å². The molecule has 0 radical (unpaired) electrons. The number of halogens is 2. The van der Waals surface area contributed by atoms with Gasteiger partial charge in [-0.3, -0.25) is 4.79 Å². The van der Waals surface area contributed by atoms with Gasteiger partial charge < -0.3 is 10.6 Å². The summed E-state index contributed by atoms with van der Waals surface area (Å²) in [6, 6.07) is 6.27. The van der Waals surface area contributed by atoms with Crippen LogP contribution in [0.2, 0.25) is 0 Å². The average Bonchev–Trinajstić information content (AvgIpc) is 2.35. The largest absolute Gasteiger partial charge is 0.375 e. The van der Waals surface area contributed by atoms with E-state index in [1.165, 1.54) is 0 Å². The van der Waals surface area contributed by atoms with Crippen molar-refractivity contribution < 1.29 is 4.79 Å². The molecule has 0 fully saturated rings. The number of amides is 1. The van der Waals surface area contributed by atoms with E-state index in [4.69, 9.17) is 0 Å². The summed E-state index contributed by atoms with van der Waals surface area (Å²) in [5, 5.41) is 6.13. The molecule has 100 valence electrons. The van der Waals surface area contributed by atoms with Crippen LogP contribution in [0.25, 0.3) is 0 Å². The average molecular weight is 425 g/mol. The van der Waals surface area contributed by atoms with Crippen LogP contribution in [-0.4, -0.2) is 18.5 Å². The summed E-state index contributed by atoms with van der Waals surface area (Å²) in [4.78, 5) is 11.7. The van der Waals surface area contributed by atoms with Gasteiger partial charge in [0.05, 0.1) is 6.54 Å². The van der Waals surface area contributed by atoms with Crippen molar-refractivity contribution in [2.45, 2.75) is 32.7 Å². The number of benzene rings is 1. The summed E-state index contributed by atoms with van der Waals surface area (Å²) in [7, 11) is 0. The normalized spacial score (nSPS) is 10.5. The van der Waals surface area contributed by atoms with Gasteiger partial charge in [0.15, 0.2) is 0 Å². The second kappa shape index (κ2) is 7.99. The first-order valence-corrected chi connectivity index (χ1v) is 7.92. The molecule has 0 aliphatic heterocycles. The Bertz CT molecular complexity index is 408. The fourth-order valence-corrected chi connectivity index (χ4v) is 3.02. The fraction of sp³-hybridized carbons (Fsp3) is 0.462. The topological polar surface area (TPSA) is 41.1 Å². The maximum Gasteiger partial charge on any atom is 0.239 e. The Labute approximate surface area is 130 Å². The second-order valence-corrected chi connectivity index (χ2v) is 6.16. The third-order valence-corrected chi connectivity index (χ3v) is 4.05. The van der Waals surface area contributed by atoms with Gasteiger partial charge in [0, 0.05) is 19.8 Å². The molecule has 0 spiro atoms. The van der Waals surface area contributed by atoms with Gasteiger partial charge in [-0.15, -0.1) is 0 Å². The second-order valence-electron chi connectivity index (χ2n) is 4.06. The zero-order valence-corrected chi connectivity index (χ0v) is 14.3. The molecule has 0 unspecified atom stereocenters. The molecule has 3 nitrogen and oxygen atoms in total. The van der Waals surface area contributed by atoms with Gasteiger partial charge in [-0.25, -0.2) is 0 Å². The summed E-state index contributed by atoms with van der Waals surface area (Å²) in [5.41, 5.74) is 0.940. The lowest BCUT2D eigenvalue weighted by atomic mass is 10.2. The van der Waals surface area contributed by atoms with Crippen LogP contribution < -0.4 is 10.6 Å². The number of hydrogen-bond acceptors (Lipinski definition) is 2. The molecule has 0 atom stereocenters. The number of rotatable bonds is 6. The highest BCUT2D eigenvalue weighted by atomic mass is 127. The Morgan fingerprint density at radius 2 is 2.06 bits per heavy atom. The highest BCUT2D eigenvalue weighted by Crippen LogP contribution is 2.24. The maximum absolute atomic E-state index is 11.7. The van der Waals surface area contributed by atoms with E-state index in [1.807, 2.05) is 18.2 Å². The third kappa shape index (κ3) is 5.14. The standard InChI is InChI=1S/C13H18BrIN2O/c1-3-10(4-2)17-13(18)8-16-12-6-5-9(15)7-11(12)14/h5-7,10,16H,3-4,8H2,1-2H3,(H,17,18). The number of carbonyl (C=O) groups is 1. The van der Waals surface area contributed by atoms with Crippen LogP contribution in [0.5, 0.6) is 0 Å². The van der Waals surface area contributed by atoms with Gasteiger partial charge in [0.1, 0.15) is 0 Å². The molecule has 0 aromatic heterocycles. The smallest absolute Gasteiger partial charge is 0.239 e. The zero-order chi connectivity index (χ0) is 13.5. The molecule has 5 heteroatoms. The van der Waals surface area contributed by atoms with Gasteiger partial charge in [-0.1, -0.05) is 13.8 Å². The molecule has 1 rings (SSSR count). The van der Waals surface area contributed by atoms with Crippen LogP contribution in [0.3, 0.4) is 0 Å². The highest BCUT2D eigenvalue weighted by molar-refractivity contribution is 14.1. The highest BCUT2D eigenvalue weighted by Gasteiger charge is 2.08. The van der Waals surface area contributed by atoms with E-state index in [0.29, 0.717) is 6.54 Å². The molecular formula is C13H18BrIN2O. The summed E-state index contributed by atoms with van der Waals surface area (Å²) in [6.07, 6.45) is 1.94. The minimum absolute atomic E-state index is 0.0363. The lowest BCUT2D eigenvalue weighted by molar-refractivity contribution is -0.120. The first-order chi connectivity index (χ1) is 8.56. The van der Waals surface area contributed by atoms with Crippen LogP contribution >= 0.6 is 38.5 Å². The van der Waals surface area contributed by atoms with Crippen molar-refractivity contribution in [3.63, 3.8) is 0 Å². The molecule has 1 amide bonds. The molecule has 1 aromatic rings. The molecular weight excluding hydrogens is 407 g/mol. The first-order valence-electron chi connectivity index (χ1n) is 6.05. The van der Waals surface area contributed by atoms with Crippen LogP contribution in [0.4, 0.5) is 5.69 Å². The van der Waals surface area contributed by atoms with Crippen molar-refractivity contribution in [1.82, 2.24) is 5.32 Å². The molecule has 18 heavy (non-hydrogen) atoms. The van der Waals surface area contributed by atoms with Crippen molar-refractivity contribution in [1.29, 1.82) is 0 Å². The van der Waals surface area contributed by atoms with Crippen LogP contribution in [-0.2, 0) is 4.79 Å². The maximum atomic E-state index is 11.7. The fourth-order valence-electron chi connectivity index (χ4n) is 1.58. The van der Waals surface area contributed by atoms with Crippen molar-refractivity contribution in [3.05, 3.63) is 26.2 Å². The van der Waals surface area contributed by atoms with Gasteiger partial charge in [-0.05, 0) is 69.6 Å². The van der Waals surface area contributed by atoms with E-state index in [1.54, 1.807) is 0 Å². The van der Waals surface area contributed by atoms with Crippen molar-refractivity contribution in [2.75, 3.05) is 11.9 Å². The molecule has 0 saturated heterocycles. The number of nitrogens with one attached hydrogen (secondary N) is 2. The molecule has 1 aromatic carbocycles. The Balaban J connectivity index is 2.47. The Morgan fingerprint density at radius 3 is 2.61 bits per heavy atom. The van der Waals surface area contributed by atoms with Gasteiger partial charge in [0.2, 0.25) is 5.91 Å². The Morgan fingerprint density at radius 1 is 1.39 bits per heavy atom. The summed E-state index contributed by atoms with van der Waals surface area (Å²) >= 11 is 5.73. The van der Waals surface area contributed by atoms with Crippen LogP contribution in [0.1, 0.15) is 26.7 Å². The number of hydrogen-bond donors (Lipinski definition) is 2. The summed E-state index contributed by atoms with van der Waals surface area (Å²) in [6.45, 7) is 4.46. The zero-order valence-electron chi connectivity index (χ0n) is 10.6. The molecule has 0 aliphatic carbocycles.